The molecule has 3 aromatic carbocycles. The predicted octanol–water partition coefficient (Wildman–Crippen LogP) is 6.42. The molecule has 2 amide bonds. The van der Waals surface area contributed by atoms with Crippen LogP contribution in [0.15, 0.2) is 77.6 Å². The summed E-state index contributed by atoms with van der Waals surface area (Å²) in [5.41, 5.74) is -0.158. The third-order valence-electron chi connectivity index (χ3n) is 6.14. The van der Waals surface area contributed by atoms with Crippen molar-refractivity contribution in [3.63, 3.8) is 0 Å². The first-order chi connectivity index (χ1) is 18.1. The zero-order valence-electron chi connectivity index (χ0n) is 21.1. The Bertz CT molecular complexity index is 1500. The summed E-state index contributed by atoms with van der Waals surface area (Å²) in [4.78, 5) is 33.2. The summed E-state index contributed by atoms with van der Waals surface area (Å²) in [5.74, 6) is 0.921. The molecule has 4 aromatic rings. The van der Waals surface area contributed by atoms with Crippen molar-refractivity contribution in [2.45, 2.75) is 32.5 Å². The van der Waals surface area contributed by atoms with Crippen molar-refractivity contribution in [2.75, 3.05) is 19.0 Å². The molecule has 1 N–H and O–H groups in total. The van der Waals surface area contributed by atoms with Gasteiger partial charge < -0.3 is 15.0 Å². The summed E-state index contributed by atoms with van der Waals surface area (Å²) >= 11 is 0. The van der Waals surface area contributed by atoms with Gasteiger partial charge in [0.1, 0.15) is 11.6 Å². The van der Waals surface area contributed by atoms with Gasteiger partial charge in [-0.1, -0.05) is 25.1 Å². The first kappa shape index (κ1) is 26.7. The van der Waals surface area contributed by atoms with Gasteiger partial charge in [0.05, 0.1) is 35.3 Å². The number of para-hydroxylation sites is 1. The first-order valence-corrected chi connectivity index (χ1v) is 12.0. The lowest BCUT2D eigenvalue weighted by atomic mass is 10.1. The fourth-order valence-electron chi connectivity index (χ4n) is 4.23. The molecule has 1 heterocycles. The van der Waals surface area contributed by atoms with Gasteiger partial charge >= 0.3 is 12.2 Å². The van der Waals surface area contributed by atoms with Gasteiger partial charge in [-0.3, -0.25) is 9.36 Å². The molecular formula is C28H27F3N4O3. The van der Waals surface area contributed by atoms with E-state index in [9.17, 15) is 22.8 Å². The Morgan fingerprint density at radius 3 is 2.45 bits per heavy atom. The van der Waals surface area contributed by atoms with Crippen LogP contribution >= 0.6 is 0 Å². The van der Waals surface area contributed by atoms with Gasteiger partial charge in [-0.15, -0.1) is 0 Å². The summed E-state index contributed by atoms with van der Waals surface area (Å²) in [7, 11) is 1.54. The number of fused-ring (bicyclic) bond motifs is 1. The van der Waals surface area contributed by atoms with Gasteiger partial charge in [0.25, 0.3) is 5.56 Å². The van der Waals surface area contributed by atoms with Gasteiger partial charge in [0, 0.05) is 12.2 Å². The molecule has 0 bridgehead atoms. The molecule has 1 atom stereocenters. The number of amides is 2. The van der Waals surface area contributed by atoms with E-state index >= 15 is 0 Å². The highest BCUT2D eigenvalue weighted by molar-refractivity contribution is 5.89. The zero-order valence-corrected chi connectivity index (χ0v) is 21.1. The van der Waals surface area contributed by atoms with Crippen molar-refractivity contribution in [3.05, 3.63) is 94.5 Å². The molecule has 0 aliphatic heterocycles. The minimum absolute atomic E-state index is 0.0112. The van der Waals surface area contributed by atoms with E-state index < -0.39 is 23.8 Å². The second kappa shape index (κ2) is 11.0. The van der Waals surface area contributed by atoms with E-state index in [1.807, 2.05) is 6.92 Å². The molecular weight excluding hydrogens is 497 g/mol. The molecule has 1 unspecified atom stereocenters. The minimum Gasteiger partial charge on any atom is -0.497 e. The monoisotopic (exact) mass is 524 g/mol. The zero-order chi connectivity index (χ0) is 27.4. The van der Waals surface area contributed by atoms with E-state index in [-0.39, 0.29) is 17.8 Å². The molecule has 0 saturated carbocycles. The van der Waals surface area contributed by atoms with Crippen LogP contribution in [-0.4, -0.2) is 34.1 Å². The number of alkyl halides is 3. The average Bonchev–Trinajstić information content (AvgIpc) is 2.91. The van der Waals surface area contributed by atoms with Crippen molar-refractivity contribution >= 4 is 22.6 Å². The van der Waals surface area contributed by atoms with Crippen LogP contribution in [0.2, 0.25) is 0 Å². The Hall–Kier alpha value is -4.34. The SMILES string of the molecule is CCCN(C(=O)Nc1cccc(C(F)(F)F)c1)C(C)c1nc2ccccc2c(=O)n1-c1ccc(OC)cc1. The summed E-state index contributed by atoms with van der Waals surface area (Å²) in [6.45, 7) is 3.89. The molecule has 38 heavy (non-hydrogen) atoms. The highest BCUT2D eigenvalue weighted by Crippen LogP contribution is 2.31. The quantitative estimate of drug-likeness (QED) is 0.303. The number of urea groups is 1. The van der Waals surface area contributed by atoms with Crippen molar-refractivity contribution in [3.8, 4) is 11.4 Å². The van der Waals surface area contributed by atoms with Gasteiger partial charge in [-0.2, -0.15) is 13.2 Å². The normalized spacial score (nSPS) is 12.3. The van der Waals surface area contributed by atoms with Gasteiger partial charge in [-0.25, -0.2) is 9.78 Å². The lowest BCUT2D eigenvalue weighted by Crippen LogP contribution is -2.40. The van der Waals surface area contributed by atoms with E-state index in [1.165, 1.54) is 28.7 Å². The molecule has 0 radical (unpaired) electrons. The van der Waals surface area contributed by atoms with Crippen molar-refractivity contribution in [1.29, 1.82) is 0 Å². The third-order valence-corrected chi connectivity index (χ3v) is 6.14. The average molecular weight is 525 g/mol. The number of halogens is 3. The Balaban J connectivity index is 1.78. The molecule has 1 aromatic heterocycles. The largest absolute Gasteiger partial charge is 0.497 e. The Morgan fingerprint density at radius 1 is 1.08 bits per heavy atom. The van der Waals surface area contributed by atoms with Crippen molar-refractivity contribution in [1.82, 2.24) is 14.5 Å². The summed E-state index contributed by atoms with van der Waals surface area (Å²) in [6.07, 6.45) is -3.97. The Kier molecular flexibility index (Phi) is 7.70. The van der Waals surface area contributed by atoms with Crippen LogP contribution in [0, 0.1) is 0 Å². The topological polar surface area (TPSA) is 76.5 Å². The van der Waals surface area contributed by atoms with E-state index in [2.05, 4.69) is 5.32 Å². The minimum atomic E-state index is -4.54. The number of carbonyl (C=O) groups excluding carboxylic acids is 1. The highest BCUT2D eigenvalue weighted by Gasteiger charge is 2.31. The number of nitrogens with one attached hydrogen (secondary N) is 1. The number of anilines is 1. The smallest absolute Gasteiger partial charge is 0.416 e. The number of ether oxygens (including phenoxy) is 1. The number of rotatable bonds is 7. The second-order valence-electron chi connectivity index (χ2n) is 8.70. The van der Waals surface area contributed by atoms with Crippen LogP contribution in [0.25, 0.3) is 16.6 Å². The van der Waals surface area contributed by atoms with Gasteiger partial charge in [0.2, 0.25) is 0 Å². The van der Waals surface area contributed by atoms with Crippen LogP contribution in [0.3, 0.4) is 0 Å². The van der Waals surface area contributed by atoms with Crippen molar-refractivity contribution < 1.29 is 22.7 Å². The van der Waals surface area contributed by atoms with Crippen LogP contribution < -0.4 is 15.6 Å². The molecule has 10 heteroatoms. The molecule has 7 nitrogen and oxygen atoms in total. The molecule has 4 rings (SSSR count). The highest BCUT2D eigenvalue weighted by atomic mass is 19.4. The molecule has 198 valence electrons. The fraction of sp³-hybridized carbons (Fsp3) is 0.250. The molecule has 0 aliphatic carbocycles. The molecule has 0 aliphatic rings. The van der Waals surface area contributed by atoms with Crippen LogP contribution in [0.4, 0.5) is 23.7 Å². The third kappa shape index (κ3) is 5.49. The number of aromatic nitrogens is 2. The van der Waals surface area contributed by atoms with Gasteiger partial charge in [-0.05, 0) is 67.9 Å². The second-order valence-corrected chi connectivity index (χ2v) is 8.70. The van der Waals surface area contributed by atoms with Gasteiger partial charge in [0.15, 0.2) is 0 Å². The number of benzene rings is 3. The summed E-state index contributed by atoms with van der Waals surface area (Å²) in [5, 5.41) is 2.98. The maximum atomic E-state index is 13.6. The van der Waals surface area contributed by atoms with Crippen molar-refractivity contribution in [2.24, 2.45) is 0 Å². The summed E-state index contributed by atoms with van der Waals surface area (Å²) < 4.78 is 46.2. The Labute approximate surface area is 217 Å². The number of nitrogens with zero attached hydrogens (tertiary/aromatic N) is 3. The van der Waals surface area contributed by atoms with E-state index in [0.29, 0.717) is 34.6 Å². The maximum absolute atomic E-state index is 13.6. The first-order valence-electron chi connectivity index (χ1n) is 12.0. The standard InChI is InChI=1S/C28H27F3N4O3/c1-4-16-34(27(37)32-20-9-7-8-19(17-20)28(29,30)31)18(2)25-33-24-11-6-5-10-23(24)26(36)35(25)21-12-14-22(38-3)15-13-21/h5-15,17-18H,4,16H2,1-3H3,(H,32,37). The van der Waals surface area contributed by atoms with E-state index in [4.69, 9.17) is 9.72 Å². The molecule has 0 saturated heterocycles. The predicted molar refractivity (Wildman–Crippen MR) is 140 cm³/mol. The number of hydrogen-bond acceptors (Lipinski definition) is 4. The Morgan fingerprint density at radius 2 is 1.79 bits per heavy atom. The lowest BCUT2D eigenvalue weighted by Gasteiger charge is -2.30. The number of hydrogen-bond donors (Lipinski definition) is 1. The number of methoxy groups -OCH3 is 1. The van der Waals surface area contributed by atoms with E-state index in [0.717, 1.165) is 12.1 Å². The van der Waals surface area contributed by atoms with Crippen LogP contribution in [0.1, 0.15) is 37.7 Å². The van der Waals surface area contributed by atoms with E-state index in [1.54, 1.807) is 55.5 Å². The maximum Gasteiger partial charge on any atom is 0.416 e. The molecule has 0 spiro atoms. The lowest BCUT2D eigenvalue weighted by molar-refractivity contribution is -0.137. The number of carbonyl (C=O) groups is 1. The molecule has 0 fully saturated rings. The summed E-state index contributed by atoms with van der Waals surface area (Å²) in [6, 6.07) is 16.9. The van der Waals surface area contributed by atoms with Crippen LogP contribution in [0.5, 0.6) is 5.75 Å². The fourth-order valence-corrected chi connectivity index (χ4v) is 4.23. The van der Waals surface area contributed by atoms with Crippen LogP contribution in [-0.2, 0) is 6.18 Å².